The highest BCUT2D eigenvalue weighted by atomic mass is 16.5. The molecule has 0 radical (unpaired) electrons. The Kier molecular flexibility index (Phi) is 3.84. The molecule has 1 fully saturated rings. The number of aliphatic carboxylic acids is 1. The summed E-state index contributed by atoms with van der Waals surface area (Å²) >= 11 is 0. The predicted octanol–water partition coefficient (Wildman–Crippen LogP) is 0.208. The third-order valence-electron chi connectivity index (χ3n) is 2.93. The first-order valence-electron chi connectivity index (χ1n) is 6.17. The fourth-order valence-corrected chi connectivity index (χ4v) is 2.14. The first-order valence-corrected chi connectivity index (χ1v) is 6.17. The van der Waals surface area contributed by atoms with Crippen LogP contribution in [0.15, 0.2) is 6.07 Å². The molecule has 0 saturated carbocycles. The lowest BCUT2D eigenvalue weighted by Gasteiger charge is -2.21. The van der Waals surface area contributed by atoms with E-state index in [9.17, 15) is 9.90 Å². The minimum atomic E-state index is -0.986. The van der Waals surface area contributed by atoms with Crippen molar-refractivity contribution in [2.24, 2.45) is 0 Å². The number of carbonyl (C=O) groups is 1. The fourth-order valence-electron chi connectivity index (χ4n) is 2.14. The lowest BCUT2D eigenvalue weighted by atomic mass is 10.2. The molecule has 0 aromatic carbocycles. The summed E-state index contributed by atoms with van der Waals surface area (Å²) in [5.41, 5.74) is 0.693. The average Bonchev–Trinajstić information content (AvgIpc) is 2.71. The average molecular weight is 267 g/mol. The number of rotatable bonds is 4. The summed E-state index contributed by atoms with van der Waals surface area (Å²) in [6.45, 7) is 4.32. The van der Waals surface area contributed by atoms with Gasteiger partial charge in [0.2, 0.25) is 11.8 Å². The van der Waals surface area contributed by atoms with E-state index in [1.165, 1.54) is 4.90 Å². The predicted molar refractivity (Wildman–Crippen MR) is 67.3 cm³/mol. The highest BCUT2D eigenvalue weighted by molar-refractivity contribution is 5.78. The maximum Gasteiger partial charge on any atom is 0.326 e. The van der Waals surface area contributed by atoms with Crippen LogP contribution in [0, 0.1) is 6.92 Å². The van der Waals surface area contributed by atoms with E-state index in [2.05, 4.69) is 9.97 Å². The van der Waals surface area contributed by atoms with Gasteiger partial charge in [-0.15, -0.1) is 0 Å². The number of hydrogen-bond donors (Lipinski definition) is 2. The maximum atomic E-state index is 11.2. The van der Waals surface area contributed by atoms with Crippen molar-refractivity contribution in [1.29, 1.82) is 0 Å². The van der Waals surface area contributed by atoms with Crippen LogP contribution in [0.25, 0.3) is 0 Å². The van der Waals surface area contributed by atoms with Crippen LogP contribution < -0.4 is 9.64 Å². The number of aryl methyl sites for hydroxylation is 1. The number of aromatic nitrogens is 2. The molecule has 2 heterocycles. The summed E-state index contributed by atoms with van der Waals surface area (Å²) in [5, 5.41) is 18.8. The number of anilines is 1. The summed E-state index contributed by atoms with van der Waals surface area (Å²) in [7, 11) is 0. The van der Waals surface area contributed by atoms with Gasteiger partial charge in [0.05, 0.1) is 12.7 Å². The molecule has 2 atom stereocenters. The second-order valence-electron chi connectivity index (χ2n) is 4.48. The first-order chi connectivity index (χ1) is 9.01. The minimum absolute atomic E-state index is 0.177. The maximum absolute atomic E-state index is 11.2. The van der Waals surface area contributed by atoms with E-state index in [-0.39, 0.29) is 18.9 Å². The lowest BCUT2D eigenvalue weighted by Crippen LogP contribution is -2.37. The van der Waals surface area contributed by atoms with Gasteiger partial charge in [-0.05, 0) is 13.8 Å². The number of carboxylic acid groups (broad SMARTS) is 1. The molecular weight excluding hydrogens is 250 g/mol. The number of β-amino-alcohol motifs (C(OH)–C–C–N with tert-alkyl or cyclic N) is 1. The van der Waals surface area contributed by atoms with Crippen molar-refractivity contribution in [3.8, 4) is 5.88 Å². The molecule has 0 spiro atoms. The molecule has 0 amide bonds. The molecular formula is C12H17N3O4. The quantitative estimate of drug-likeness (QED) is 0.804. The zero-order chi connectivity index (χ0) is 14.0. The number of hydrogen-bond acceptors (Lipinski definition) is 6. The van der Waals surface area contributed by atoms with Crippen LogP contribution in [-0.4, -0.2) is 51.4 Å². The van der Waals surface area contributed by atoms with E-state index in [1.54, 1.807) is 13.0 Å². The zero-order valence-corrected chi connectivity index (χ0v) is 10.9. The zero-order valence-electron chi connectivity index (χ0n) is 10.9. The molecule has 2 N–H and O–H groups in total. The van der Waals surface area contributed by atoms with E-state index in [1.807, 2.05) is 6.92 Å². The summed E-state index contributed by atoms with van der Waals surface area (Å²) < 4.78 is 5.32. The van der Waals surface area contributed by atoms with Gasteiger partial charge in [-0.3, -0.25) is 0 Å². The first kappa shape index (κ1) is 13.5. The number of aliphatic hydroxyl groups excluding tert-OH is 1. The Labute approximate surface area is 110 Å². The molecule has 0 bridgehead atoms. The summed E-state index contributed by atoms with van der Waals surface area (Å²) in [6.07, 6.45) is -0.503. The smallest absolute Gasteiger partial charge is 0.326 e. The Bertz CT molecular complexity index is 480. The van der Waals surface area contributed by atoms with Crippen molar-refractivity contribution in [3.63, 3.8) is 0 Å². The van der Waals surface area contributed by atoms with Gasteiger partial charge in [-0.1, -0.05) is 0 Å². The molecule has 1 aromatic rings. The van der Waals surface area contributed by atoms with Crippen molar-refractivity contribution >= 4 is 11.9 Å². The Morgan fingerprint density at radius 1 is 1.58 bits per heavy atom. The molecule has 104 valence electrons. The van der Waals surface area contributed by atoms with Crippen molar-refractivity contribution in [1.82, 2.24) is 9.97 Å². The lowest BCUT2D eigenvalue weighted by molar-refractivity contribution is -0.138. The van der Waals surface area contributed by atoms with Crippen LogP contribution in [0.1, 0.15) is 19.0 Å². The number of ether oxygens (including phenoxy) is 1. The Balaban J connectivity index is 2.31. The summed E-state index contributed by atoms with van der Waals surface area (Å²) in [5.74, 6) is -0.289. The van der Waals surface area contributed by atoms with E-state index in [0.717, 1.165) is 0 Å². The van der Waals surface area contributed by atoms with Crippen LogP contribution in [-0.2, 0) is 4.79 Å². The molecule has 2 rings (SSSR count). The molecule has 1 saturated heterocycles. The molecule has 7 nitrogen and oxygen atoms in total. The van der Waals surface area contributed by atoms with Gasteiger partial charge >= 0.3 is 5.97 Å². The largest absolute Gasteiger partial charge is 0.480 e. The van der Waals surface area contributed by atoms with Crippen LogP contribution in [0.5, 0.6) is 5.88 Å². The SMILES string of the molecule is CCOc1cc(C)nc(N2CC(O)CC2C(=O)O)n1. The van der Waals surface area contributed by atoms with Crippen LogP contribution in [0.3, 0.4) is 0 Å². The van der Waals surface area contributed by atoms with E-state index in [4.69, 9.17) is 9.84 Å². The fraction of sp³-hybridized carbons (Fsp3) is 0.583. The van der Waals surface area contributed by atoms with Crippen molar-refractivity contribution in [2.45, 2.75) is 32.4 Å². The standard InChI is InChI=1S/C12H17N3O4/c1-3-19-10-4-7(2)13-12(14-10)15-6-8(16)5-9(15)11(17)18/h4,8-9,16H,3,5-6H2,1-2H3,(H,17,18). The third-order valence-corrected chi connectivity index (χ3v) is 2.93. The van der Waals surface area contributed by atoms with E-state index < -0.39 is 18.1 Å². The minimum Gasteiger partial charge on any atom is -0.480 e. The van der Waals surface area contributed by atoms with Gasteiger partial charge in [0, 0.05) is 24.7 Å². The second-order valence-corrected chi connectivity index (χ2v) is 4.48. The van der Waals surface area contributed by atoms with E-state index >= 15 is 0 Å². The van der Waals surface area contributed by atoms with Crippen LogP contribution in [0.2, 0.25) is 0 Å². The number of aliphatic hydroxyl groups is 1. The van der Waals surface area contributed by atoms with E-state index in [0.29, 0.717) is 18.2 Å². The topological polar surface area (TPSA) is 95.8 Å². The second kappa shape index (κ2) is 5.40. The molecule has 2 unspecified atom stereocenters. The highest BCUT2D eigenvalue weighted by Crippen LogP contribution is 2.25. The third kappa shape index (κ3) is 2.93. The number of nitrogens with zero attached hydrogens (tertiary/aromatic N) is 3. The monoisotopic (exact) mass is 267 g/mol. The van der Waals surface area contributed by atoms with Gasteiger partial charge in [0.1, 0.15) is 6.04 Å². The highest BCUT2D eigenvalue weighted by Gasteiger charge is 2.37. The number of carboxylic acids is 1. The molecule has 7 heteroatoms. The van der Waals surface area contributed by atoms with Gasteiger partial charge in [-0.2, -0.15) is 4.98 Å². The molecule has 1 aliphatic heterocycles. The van der Waals surface area contributed by atoms with Crippen LogP contribution >= 0.6 is 0 Å². The van der Waals surface area contributed by atoms with Gasteiger partial charge in [0.15, 0.2) is 0 Å². The van der Waals surface area contributed by atoms with Gasteiger partial charge in [0.25, 0.3) is 0 Å². The Hall–Kier alpha value is -1.89. The normalized spacial score (nSPS) is 22.6. The Morgan fingerprint density at radius 3 is 2.95 bits per heavy atom. The van der Waals surface area contributed by atoms with Crippen molar-refractivity contribution in [2.75, 3.05) is 18.1 Å². The molecule has 19 heavy (non-hydrogen) atoms. The van der Waals surface area contributed by atoms with Gasteiger partial charge in [-0.25, -0.2) is 9.78 Å². The van der Waals surface area contributed by atoms with Crippen molar-refractivity contribution in [3.05, 3.63) is 11.8 Å². The van der Waals surface area contributed by atoms with Gasteiger partial charge < -0.3 is 19.8 Å². The van der Waals surface area contributed by atoms with Crippen molar-refractivity contribution < 1.29 is 19.7 Å². The molecule has 1 aromatic heterocycles. The summed E-state index contributed by atoms with van der Waals surface area (Å²) in [6, 6.07) is 0.890. The molecule has 0 aliphatic carbocycles. The Morgan fingerprint density at radius 2 is 2.32 bits per heavy atom. The van der Waals surface area contributed by atoms with Crippen LogP contribution in [0.4, 0.5) is 5.95 Å². The molecule has 1 aliphatic rings. The summed E-state index contributed by atoms with van der Waals surface area (Å²) in [4.78, 5) is 21.1.